The first kappa shape index (κ1) is 15.4. The smallest absolute Gasteiger partial charge is 0.307 e. The van der Waals surface area contributed by atoms with Crippen molar-refractivity contribution in [3.05, 3.63) is 23.7 Å². The lowest BCUT2D eigenvalue weighted by atomic mass is 9.96. The molecule has 2 heterocycles. The van der Waals surface area contributed by atoms with E-state index in [0.717, 1.165) is 10.2 Å². The van der Waals surface area contributed by atoms with E-state index >= 15 is 0 Å². The Morgan fingerprint density at radius 2 is 2.18 bits per heavy atom. The Kier molecular flexibility index (Phi) is 3.92. The fraction of sp³-hybridized carbons (Fsp3) is 0.429. The first-order valence-electron chi connectivity index (χ1n) is 6.97. The highest BCUT2D eigenvalue weighted by molar-refractivity contribution is 7.89. The summed E-state index contributed by atoms with van der Waals surface area (Å²) >= 11 is 1.38. The fourth-order valence-corrected chi connectivity index (χ4v) is 5.27. The molecule has 8 heteroatoms. The number of carboxylic acid groups (broad SMARTS) is 1. The molecule has 22 heavy (non-hydrogen) atoms. The van der Waals surface area contributed by atoms with Crippen molar-refractivity contribution in [3.63, 3.8) is 0 Å². The third kappa shape index (κ3) is 2.62. The van der Waals surface area contributed by atoms with Crippen LogP contribution in [-0.2, 0) is 14.8 Å². The lowest BCUT2D eigenvalue weighted by Gasteiger charge is -2.35. The van der Waals surface area contributed by atoms with Crippen molar-refractivity contribution in [2.75, 3.05) is 6.54 Å². The molecular weight excluding hydrogens is 324 g/mol. The van der Waals surface area contributed by atoms with Crippen LogP contribution >= 0.6 is 11.3 Å². The van der Waals surface area contributed by atoms with Crippen LogP contribution in [0.15, 0.2) is 28.6 Å². The number of carboxylic acids is 1. The Labute approximate surface area is 132 Å². The molecule has 2 aromatic rings. The average Bonchev–Trinajstić information content (AvgIpc) is 2.94. The maximum atomic E-state index is 12.8. The molecule has 1 aliphatic heterocycles. The molecule has 3 rings (SSSR count). The van der Waals surface area contributed by atoms with E-state index in [9.17, 15) is 13.2 Å². The minimum Gasteiger partial charge on any atom is -0.481 e. The molecule has 0 saturated carbocycles. The van der Waals surface area contributed by atoms with E-state index in [-0.39, 0.29) is 17.5 Å². The number of benzene rings is 1. The molecule has 1 saturated heterocycles. The topological polar surface area (TPSA) is 87.6 Å². The van der Waals surface area contributed by atoms with Gasteiger partial charge < -0.3 is 5.11 Å². The maximum absolute atomic E-state index is 12.8. The van der Waals surface area contributed by atoms with Crippen LogP contribution in [0.2, 0.25) is 0 Å². The first-order valence-corrected chi connectivity index (χ1v) is 9.29. The number of carbonyl (C=O) groups is 1. The molecule has 6 nitrogen and oxygen atoms in total. The van der Waals surface area contributed by atoms with Crippen molar-refractivity contribution in [2.45, 2.75) is 30.7 Å². The van der Waals surface area contributed by atoms with Crippen molar-refractivity contribution in [1.29, 1.82) is 0 Å². The van der Waals surface area contributed by atoms with Crippen LogP contribution in [0.3, 0.4) is 0 Å². The summed E-state index contributed by atoms with van der Waals surface area (Å²) in [6.07, 6.45) is 1.06. The summed E-state index contributed by atoms with van der Waals surface area (Å²) < 4.78 is 27.8. The first-order chi connectivity index (χ1) is 10.4. The monoisotopic (exact) mass is 340 g/mol. The number of hydrogen-bond donors (Lipinski definition) is 1. The van der Waals surface area contributed by atoms with Gasteiger partial charge in [0.1, 0.15) is 0 Å². The minimum absolute atomic E-state index is 0.0273. The quantitative estimate of drug-likeness (QED) is 0.925. The van der Waals surface area contributed by atoms with E-state index < -0.39 is 21.9 Å². The number of piperidine rings is 1. The lowest BCUT2D eigenvalue weighted by Crippen LogP contribution is -2.47. The van der Waals surface area contributed by atoms with Gasteiger partial charge in [0, 0.05) is 12.6 Å². The second kappa shape index (κ2) is 5.60. The zero-order chi connectivity index (χ0) is 15.9. The summed E-state index contributed by atoms with van der Waals surface area (Å²) in [4.78, 5) is 15.5. The van der Waals surface area contributed by atoms with Gasteiger partial charge in [-0.1, -0.05) is 0 Å². The Morgan fingerprint density at radius 1 is 1.41 bits per heavy atom. The number of aliphatic carboxylic acids is 1. The van der Waals surface area contributed by atoms with Crippen LogP contribution in [0.5, 0.6) is 0 Å². The Morgan fingerprint density at radius 3 is 2.91 bits per heavy atom. The number of aromatic nitrogens is 1. The van der Waals surface area contributed by atoms with Crippen molar-refractivity contribution >= 4 is 37.5 Å². The molecule has 0 aliphatic carbocycles. The molecule has 0 amide bonds. The number of sulfonamides is 1. The van der Waals surface area contributed by atoms with Gasteiger partial charge in [0.15, 0.2) is 0 Å². The Balaban J connectivity index is 1.98. The fourth-order valence-electron chi connectivity index (χ4n) is 2.74. The molecule has 2 unspecified atom stereocenters. The summed E-state index contributed by atoms with van der Waals surface area (Å²) in [5.41, 5.74) is 2.43. The van der Waals surface area contributed by atoms with Gasteiger partial charge >= 0.3 is 5.97 Å². The van der Waals surface area contributed by atoms with Gasteiger partial charge in [-0.3, -0.25) is 4.79 Å². The molecule has 1 N–H and O–H groups in total. The van der Waals surface area contributed by atoms with Gasteiger partial charge in [-0.15, -0.1) is 11.3 Å². The van der Waals surface area contributed by atoms with Crippen LogP contribution in [0.1, 0.15) is 19.8 Å². The lowest BCUT2D eigenvalue weighted by molar-refractivity contribution is -0.143. The normalized spacial score (nSPS) is 23.7. The number of fused-ring (bicyclic) bond motifs is 1. The number of hydrogen-bond acceptors (Lipinski definition) is 5. The zero-order valence-electron chi connectivity index (χ0n) is 12.0. The Hall–Kier alpha value is -1.51. The third-order valence-corrected chi connectivity index (χ3v) is 6.85. The van der Waals surface area contributed by atoms with Crippen molar-refractivity contribution in [1.82, 2.24) is 9.29 Å². The van der Waals surface area contributed by atoms with E-state index in [1.165, 1.54) is 21.7 Å². The highest BCUT2D eigenvalue weighted by atomic mass is 32.2. The van der Waals surface area contributed by atoms with Crippen molar-refractivity contribution < 1.29 is 18.3 Å². The van der Waals surface area contributed by atoms with Crippen molar-refractivity contribution in [2.24, 2.45) is 5.92 Å². The second-order valence-electron chi connectivity index (χ2n) is 5.52. The summed E-state index contributed by atoms with van der Waals surface area (Å²) in [7, 11) is -3.70. The highest BCUT2D eigenvalue weighted by Gasteiger charge is 2.37. The number of thiazole rings is 1. The Bertz CT molecular complexity index is 815. The molecule has 0 radical (unpaired) electrons. The van der Waals surface area contributed by atoms with Gasteiger partial charge in [0.25, 0.3) is 0 Å². The number of rotatable bonds is 3. The van der Waals surface area contributed by atoms with E-state index in [1.54, 1.807) is 17.6 Å². The summed E-state index contributed by atoms with van der Waals surface area (Å²) in [6.45, 7) is 1.85. The van der Waals surface area contributed by atoms with Crippen LogP contribution < -0.4 is 0 Å². The van der Waals surface area contributed by atoms with Gasteiger partial charge in [-0.2, -0.15) is 4.31 Å². The van der Waals surface area contributed by atoms with Crippen LogP contribution in [0, 0.1) is 5.92 Å². The summed E-state index contributed by atoms with van der Waals surface area (Å²) in [5.74, 6) is -1.58. The molecule has 0 spiro atoms. The molecule has 1 aliphatic rings. The molecule has 1 fully saturated rings. The number of nitrogens with zero attached hydrogens (tertiary/aromatic N) is 2. The second-order valence-corrected chi connectivity index (χ2v) is 8.30. The zero-order valence-corrected chi connectivity index (χ0v) is 13.6. The molecule has 1 aromatic heterocycles. The predicted octanol–water partition coefficient (Wildman–Crippen LogP) is 2.17. The third-order valence-electron chi connectivity index (χ3n) is 4.08. The minimum atomic E-state index is -3.70. The predicted molar refractivity (Wildman–Crippen MR) is 83.3 cm³/mol. The molecule has 118 valence electrons. The standard InChI is InChI=1S/C14H16N2O4S2/c1-9-2-3-10(14(17)18)7-16(9)22(19,20)11-4-5-12-13(6-11)21-8-15-12/h4-6,8-10H,2-3,7H2,1H3,(H,17,18). The van der Waals surface area contributed by atoms with Crippen LogP contribution in [-0.4, -0.2) is 41.4 Å². The van der Waals surface area contributed by atoms with Gasteiger partial charge in [0.2, 0.25) is 10.0 Å². The summed E-state index contributed by atoms with van der Waals surface area (Å²) in [6, 6.07) is 4.63. The van der Waals surface area contributed by atoms with Crippen LogP contribution in [0.25, 0.3) is 10.2 Å². The van der Waals surface area contributed by atoms with Crippen molar-refractivity contribution in [3.8, 4) is 0 Å². The van der Waals surface area contributed by atoms with E-state index in [2.05, 4.69) is 4.98 Å². The summed E-state index contributed by atoms with van der Waals surface area (Å²) in [5, 5.41) is 9.16. The van der Waals surface area contributed by atoms with Gasteiger partial charge in [0.05, 0.1) is 26.5 Å². The van der Waals surface area contributed by atoms with E-state index in [4.69, 9.17) is 5.11 Å². The highest BCUT2D eigenvalue weighted by Crippen LogP contribution is 2.30. The van der Waals surface area contributed by atoms with E-state index in [1.807, 2.05) is 6.92 Å². The van der Waals surface area contributed by atoms with E-state index in [0.29, 0.717) is 12.8 Å². The maximum Gasteiger partial charge on any atom is 0.307 e. The molecule has 1 aromatic carbocycles. The molecule has 2 atom stereocenters. The molecular formula is C14H16N2O4S2. The van der Waals surface area contributed by atoms with Gasteiger partial charge in [-0.25, -0.2) is 13.4 Å². The SMILES string of the molecule is CC1CCC(C(=O)O)CN1S(=O)(=O)c1ccc2ncsc2c1. The van der Waals surface area contributed by atoms with Crippen LogP contribution in [0.4, 0.5) is 0 Å². The average molecular weight is 340 g/mol. The molecule has 0 bridgehead atoms. The largest absolute Gasteiger partial charge is 0.481 e. The van der Waals surface area contributed by atoms with Gasteiger partial charge in [-0.05, 0) is 38.0 Å².